The summed E-state index contributed by atoms with van der Waals surface area (Å²) in [4.78, 5) is 0. The van der Waals surface area contributed by atoms with Crippen LogP contribution in [0, 0.1) is 0 Å². The first-order valence-corrected chi connectivity index (χ1v) is 6.82. The molecular formula is C15H25NO4. The summed E-state index contributed by atoms with van der Waals surface area (Å²) in [5.74, 6) is 0.822. The van der Waals surface area contributed by atoms with Crippen molar-refractivity contribution in [3.8, 4) is 5.75 Å². The van der Waals surface area contributed by atoms with Crippen LogP contribution in [0.5, 0.6) is 5.75 Å². The van der Waals surface area contributed by atoms with E-state index in [1.165, 1.54) is 0 Å². The van der Waals surface area contributed by atoms with E-state index in [2.05, 4.69) is 0 Å². The highest BCUT2D eigenvalue weighted by Gasteiger charge is 2.04. The average molecular weight is 283 g/mol. The van der Waals surface area contributed by atoms with Gasteiger partial charge < -0.3 is 24.7 Å². The first kappa shape index (κ1) is 16.9. The van der Waals surface area contributed by atoms with Crippen LogP contribution in [-0.2, 0) is 27.4 Å². The highest BCUT2D eigenvalue weighted by Crippen LogP contribution is 2.20. The molecular weight excluding hydrogens is 258 g/mol. The van der Waals surface area contributed by atoms with Crippen LogP contribution in [-0.4, -0.2) is 40.6 Å². The van der Waals surface area contributed by atoms with Crippen LogP contribution in [0.15, 0.2) is 18.2 Å². The van der Waals surface area contributed by atoms with Gasteiger partial charge in [-0.1, -0.05) is 6.07 Å². The summed E-state index contributed by atoms with van der Waals surface area (Å²) in [6.07, 6.45) is 0.906. The summed E-state index contributed by atoms with van der Waals surface area (Å²) in [7, 11) is 3.34. The second-order valence-corrected chi connectivity index (χ2v) is 4.36. The lowest BCUT2D eigenvalue weighted by Gasteiger charge is -2.11. The molecule has 5 heteroatoms. The SMILES string of the molecule is COCCCOCCOCc1cc(CN)ccc1OC. The second-order valence-electron chi connectivity index (χ2n) is 4.36. The number of nitrogens with two attached hydrogens (primary N) is 1. The lowest BCUT2D eigenvalue weighted by molar-refractivity contribution is 0.0331. The standard InChI is InChI=1S/C15H25NO4/c1-17-6-3-7-19-8-9-20-12-14-10-13(11-16)4-5-15(14)18-2/h4-5,10H,3,6-9,11-12,16H2,1-2H3. The maximum Gasteiger partial charge on any atom is 0.124 e. The molecule has 2 N–H and O–H groups in total. The van der Waals surface area contributed by atoms with Crippen LogP contribution in [0.4, 0.5) is 0 Å². The molecule has 20 heavy (non-hydrogen) atoms. The summed E-state index contributed by atoms with van der Waals surface area (Å²) in [5.41, 5.74) is 7.71. The highest BCUT2D eigenvalue weighted by molar-refractivity contribution is 5.36. The van der Waals surface area contributed by atoms with Gasteiger partial charge in [0.2, 0.25) is 0 Å². The van der Waals surface area contributed by atoms with Gasteiger partial charge in [0.1, 0.15) is 5.75 Å². The summed E-state index contributed by atoms with van der Waals surface area (Å²) >= 11 is 0. The molecule has 0 unspecified atom stereocenters. The summed E-state index contributed by atoms with van der Waals surface area (Å²) in [5, 5.41) is 0. The van der Waals surface area contributed by atoms with Crippen molar-refractivity contribution in [2.24, 2.45) is 5.73 Å². The van der Waals surface area contributed by atoms with Crippen molar-refractivity contribution in [2.75, 3.05) is 40.6 Å². The largest absolute Gasteiger partial charge is 0.496 e. The van der Waals surface area contributed by atoms with E-state index in [9.17, 15) is 0 Å². The van der Waals surface area contributed by atoms with Gasteiger partial charge in [-0.15, -0.1) is 0 Å². The van der Waals surface area contributed by atoms with Gasteiger partial charge >= 0.3 is 0 Å². The molecule has 1 aromatic rings. The smallest absolute Gasteiger partial charge is 0.124 e. The Kier molecular flexibility index (Phi) is 8.98. The molecule has 114 valence electrons. The van der Waals surface area contributed by atoms with Gasteiger partial charge in [-0.2, -0.15) is 0 Å². The van der Waals surface area contributed by atoms with Crippen molar-refractivity contribution in [1.29, 1.82) is 0 Å². The van der Waals surface area contributed by atoms with E-state index < -0.39 is 0 Å². The molecule has 0 bridgehead atoms. The predicted molar refractivity (Wildman–Crippen MR) is 77.9 cm³/mol. The van der Waals surface area contributed by atoms with Crippen molar-refractivity contribution >= 4 is 0 Å². The first-order valence-electron chi connectivity index (χ1n) is 6.82. The van der Waals surface area contributed by atoms with Crippen LogP contribution in [0.1, 0.15) is 17.5 Å². The Hall–Kier alpha value is -1.14. The van der Waals surface area contributed by atoms with E-state index in [4.69, 9.17) is 24.7 Å². The Bertz CT molecular complexity index is 371. The highest BCUT2D eigenvalue weighted by atomic mass is 16.5. The van der Waals surface area contributed by atoms with Gasteiger partial charge in [-0.25, -0.2) is 0 Å². The molecule has 0 radical (unpaired) electrons. The number of hydrogen-bond acceptors (Lipinski definition) is 5. The lowest BCUT2D eigenvalue weighted by Crippen LogP contribution is -2.07. The summed E-state index contributed by atoms with van der Waals surface area (Å²) < 4.78 is 21.3. The van der Waals surface area contributed by atoms with Crippen LogP contribution in [0.25, 0.3) is 0 Å². The third kappa shape index (κ3) is 6.34. The summed E-state index contributed by atoms with van der Waals surface area (Å²) in [6, 6.07) is 5.89. The molecule has 0 atom stereocenters. The number of hydrogen-bond donors (Lipinski definition) is 1. The zero-order valence-corrected chi connectivity index (χ0v) is 12.4. The van der Waals surface area contributed by atoms with E-state index in [1.807, 2.05) is 18.2 Å². The molecule has 0 heterocycles. The second kappa shape index (κ2) is 10.6. The maximum absolute atomic E-state index is 5.63. The Labute approximate surface area is 121 Å². The number of benzene rings is 1. The van der Waals surface area contributed by atoms with Gasteiger partial charge in [0.15, 0.2) is 0 Å². The maximum atomic E-state index is 5.63. The molecule has 0 saturated carbocycles. The molecule has 0 aromatic heterocycles. The Morgan fingerprint density at radius 2 is 1.80 bits per heavy atom. The van der Waals surface area contributed by atoms with E-state index in [0.717, 1.165) is 29.9 Å². The fraction of sp³-hybridized carbons (Fsp3) is 0.600. The number of methoxy groups -OCH3 is 2. The normalized spacial score (nSPS) is 10.8. The fourth-order valence-corrected chi connectivity index (χ4v) is 1.78. The fourth-order valence-electron chi connectivity index (χ4n) is 1.78. The molecule has 5 nitrogen and oxygen atoms in total. The molecule has 0 aliphatic carbocycles. The van der Waals surface area contributed by atoms with Crippen LogP contribution in [0.3, 0.4) is 0 Å². The van der Waals surface area contributed by atoms with Gasteiger partial charge in [0.05, 0.1) is 26.9 Å². The Morgan fingerprint density at radius 3 is 2.50 bits per heavy atom. The van der Waals surface area contributed by atoms with Crippen molar-refractivity contribution < 1.29 is 18.9 Å². The topological polar surface area (TPSA) is 62.9 Å². The van der Waals surface area contributed by atoms with E-state index in [-0.39, 0.29) is 0 Å². The van der Waals surface area contributed by atoms with Crippen molar-refractivity contribution in [3.05, 3.63) is 29.3 Å². The zero-order chi connectivity index (χ0) is 14.6. The van der Waals surface area contributed by atoms with Gasteiger partial charge in [0, 0.05) is 32.4 Å². The number of ether oxygens (including phenoxy) is 4. The molecule has 1 rings (SSSR count). The minimum absolute atomic E-state index is 0.498. The van der Waals surface area contributed by atoms with E-state index >= 15 is 0 Å². The monoisotopic (exact) mass is 283 g/mol. The Morgan fingerprint density at radius 1 is 1.00 bits per heavy atom. The molecule has 0 amide bonds. The first-order chi connectivity index (χ1) is 9.81. The van der Waals surface area contributed by atoms with Crippen LogP contribution in [0.2, 0.25) is 0 Å². The van der Waals surface area contributed by atoms with Gasteiger partial charge in [-0.05, 0) is 24.1 Å². The zero-order valence-electron chi connectivity index (χ0n) is 12.4. The van der Waals surface area contributed by atoms with Crippen LogP contribution >= 0.6 is 0 Å². The minimum atomic E-state index is 0.498. The third-order valence-electron chi connectivity index (χ3n) is 2.85. The number of rotatable bonds is 11. The quantitative estimate of drug-likeness (QED) is 0.627. The molecule has 0 saturated heterocycles. The van der Waals surface area contributed by atoms with Crippen molar-refractivity contribution in [3.63, 3.8) is 0 Å². The molecule has 0 aliphatic rings. The summed E-state index contributed by atoms with van der Waals surface area (Å²) in [6.45, 7) is 3.58. The Balaban J connectivity index is 2.24. The molecule has 0 fully saturated rings. The molecule has 1 aromatic carbocycles. The third-order valence-corrected chi connectivity index (χ3v) is 2.85. The van der Waals surface area contributed by atoms with E-state index in [1.54, 1.807) is 14.2 Å². The molecule has 0 spiro atoms. The van der Waals surface area contributed by atoms with Crippen LogP contribution < -0.4 is 10.5 Å². The lowest BCUT2D eigenvalue weighted by atomic mass is 10.1. The average Bonchev–Trinajstić information content (AvgIpc) is 2.49. The van der Waals surface area contributed by atoms with Gasteiger partial charge in [-0.3, -0.25) is 0 Å². The van der Waals surface area contributed by atoms with Crippen molar-refractivity contribution in [2.45, 2.75) is 19.6 Å². The van der Waals surface area contributed by atoms with E-state index in [0.29, 0.717) is 33.0 Å². The minimum Gasteiger partial charge on any atom is -0.496 e. The predicted octanol–water partition coefficient (Wildman–Crippen LogP) is 1.72. The van der Waals surface area contributed by atoms with Gasteiger partial charge in [0.25, 0.3) is 0 Å². The molecule has 0 aliphatic heterocycles. The van der Waals surface area contributed by atoms with Crippen molar-refractivity contribution in [1.82, 2.24) is 0 Å².